The number of alkyl halides is 3. The minimum Gasteiger partial charge on any atom is -0.357 e. The highest BCUT2D eigenvalue weighted by molar-refractivity contribution is 7.92. The first kappa shape index (κ1) is 28.6. The summed E-state index contributed by atoms with van der Waals surface area (Å²) >= 11 is 0. The van der Waals surface area contributed by atoms with Crippen molar-refractivity contribution < 1.29 is 35.6 Å². The predicted molar refractivity (Wildman–Crippen MR) is 133 cm³/mol. The molecule has 0 fully saturated rings. The van der Waals surface area contributed by atoms with Crippen molar-refractivity contribution in [2.45, 2.75) is 30.6 Å². The lowest BCUT2D eigenvalue weighted by Gasteiger charge is -2.32. The fraction of sp³-hybridized carbons (Fsp3) is 0.231. The Kier molecular flexibility index (Phi) is 8.77. The Hall–Kier alpha value is -3.93. The normalized spacial score (nSPS) is 12.5. The van der Waals surface area contributed by atoms with Crippen LogP contribution in [-0.2, 0) is 32.3 Å². The summed E-state index contributed by atoms with van der Waals surface area (Å²) in [5.41, 5.74) is -1.46. The number of hydrogen-bond donors (Lipinski definition) is 1. The Morgan fingerprint density at radius 2 is 1.58 bits per heavy atom. The van der Waals surface area contributed by atoms with E-state index in [1.165, 1.54) is 56.4 Å². The molecule has 3 aromatic rings. The topological polar surface area (TPSA) is 86.8 Å². The highest BCUT2D eigenvalue weighted by Gasteiger charge is 2.35. The van der Waals surface area contributed by atoms with Gasteiger partial charge in [0.25, 0.3) is 10.0 Å². The lowest BCUT2D eigenvalue weighted by Crippen LogP contribution is -2.50. The molecule has 12 heteroatoms. The molecule has 1 N–H and O–H groups in total. The first-order valence-electron chi connectivity index (χ1n) is 11.4. The van der Waals surface area contributed by atoms with Crippen molar-refractivity contribution >= 4 is 27.5 Å². The Labute approximate surface area is 217 Å². The predicted octanol–water partition coefficient (Wildman–Crippen LogP) is 4.20. The van der Waals surface area contributed by atoms with Gasteiger partial charge < -0.3 is 10.2 Å². The Morgan fingerprint density at radius 3 is 2.18 bits per heavy atom. The lowest BCUT2D eigenvalue weighted by molar-refractivity contribution is -0.139. The van der Waals surface area contributed by atoms with Crippen LogP contribution in [0.5, 0.6) is 0 Å². The van der Waals surface area contributed by atoms with Crippen molar-refractivity contribution in [2.24, 2.45) is 0 Å². The monoisotopic (exact) mass is 551 g/mol. The third-order valence-corrected chi connectivity index (χ3v) is 7.57. The van der Waals surface area contributed by atoms with Crippen LogP contribution in [0.25, 0.3) is 0 Å². The number of hydrogen-bond acceptors (Lipinski definition) is 4. The lowest BCUT2D eigenvalue weighted by atomic mass is 10.1. The molecule has 0 spiro atoms. The number of rotatable bonds is 9. The number of benzene rings is 3. The van der Waals surface area contributed by atoms with Crippen LogP contribution in [0.4, 0.5) is 23.2 Å². The van der Waals surface area contributed by atoms with E-state index in [1.807, 2.05) is 0 Å². The SMILES string of the molecule is CNC(=O)C(C)N(Cc1ccccc1F)C(=O)CN(c1cccc(C(F)(F)F)c1)S(=O)(=O)c1ccccc1. The van der Waals surface area contributed by atoms with Gasteiger partial charge in [-0.25, -0.2) is 12.8 Å². The number of nitrogens with zero attached hydrogens (tertiary/aromatic N) is 2. The van der Waals surface area contributed by atoms with Gasteiger partial charge in [0.05, 0.1) is 16.1 Å². The second-order valence-electron chi connectivity index (χ2n) is 8.28. The second-order valence-corrected chi connectivity index (χ2v) is 10.1. The molecule has 0 aliphatic rings. The number of amides is 2. The molecular formula is C26H25F4N3O4S. The summed E-state index contributed by atoms with van der Waals surface area (Å²) in [6.45, 7) is 0.0358. The molecule has 0 aliphatic heterocycles. The molecule has 0 radical (unpaired) electrons. The quantitative estimate of drug-likeness (QED) is 0.404. The van der Waals surface area contributed by atoms with Gasteiger partial charge in [-0.15, -0.1) is 0 Å². The molecule has 0 heterocycles. The van der Waals surface area contributed by atoms with Crippen LogP contribution in [0.1, 0.15) is 18.1 Å². The second kappa shape index (κ2) is 11.6. The van der Waals surface area contributed by atoms with Gasteiger partial charge in [-0.3, -0.25) is 13.9 Å². The molecule has 0 aliphatic carbocycles. The van der Waals surface area contributed by atoms with Crippen LogP contribution in [0.2, 0.25) is 0 Å². The van der Waals surface area contributed by atoms with Gasteiger partial charge >= 0.3 is 6.18 Å². The van der Waals surface area contributed by atoms with Gasteiger partial charge in [0.2, 0.25) is 11.8 Å². The van der Waals surface area contributed by atoms with Gasteiger partial charge in [0, 0.05) is 19.2 Å². The molecule has 0 saturated carbocycles. The van der Waals surface area contributed by atoms with Crippen LogP contribution in [-0.4, -0.2) is 44.8 Å². The van der Waals surface area contributed by atoms with Gasteiger partial charge in [-0.2, -0.15) is 13.2 Å². The Bertz CT molecular complexity index is 1400. The van der Waals surface area contributed by atoms with E-state index in [2.05, 4.69) is 5.32 Å². The number of sulfonamides is 1. The van der Waals surface area contributed by atoms with Gasteiger partial charge in [0.1, 0.15) is 18.4 Å². The summed E-state index contributed by atoms with van der Waals surface area (Å²) in [4.78, 5) is 26.7. The van der Waals surface area contributed by atoms with E-state index in [0.717, 1.165) is 29.2 Å². The van der Waals surface area contributed by atoms with E-state index in [1.54, 1.807) is 6.07 Å². The van der Waals surface area contributed by atoms with Crippen molar-refractivity contribution in [3.8, 4) is 0 Å². The molecule has 0 saturated heterocycles. The molecule has 7 nitrogen and oxygen atoms in total. The molecule has 1 unspecified atom stereocenters. The summed E-state index contributed by atoms with van der Waals surface area (Å²) in [5, 5.41) is 2.38. The van der Waals surface area contributed by atoms with Crippen molar-refractivity contribution in [2.75, 3.05) is 17.9 Å². The molecule has 3 rings (SSSR count). The standard InChI is InChI=1S/C26H25F4N3O4S/c1-18(25(35)31-2)32(16-19-9-6-7-14-23(19)27)24(34)17-33(38(36,37)22-12-4-3-5-13-22)21-11-8-10-20(15-21)26(28,29)30/h3-15,18H,16-17H2,1-2H3,(H,31,35). The van der Waals surface area contributed by atoms with Crippen molar-refractivity contribution in [1.29, 1.82) is 0 Å². The molecule has 202 valence electrons. The molecule has 0 bridgehead atoms. The smallest absolute Gasteiger partial charge is 0.357 e. The van der Waals surface area contributed by atoms with Crippen LogP contribution in [0.15, 0.2) is 83.8 Å². The zero-order valence-electron chi connectivity index (χ0n) is 20.4. The number of carbonyl (C=O) groups is 2. The maximum Gasteiger partial charge on any atom is 0.416 e. The van der Waals surface area contributed by atoms with Crippen LogP contribution in [0, 0.1) is 5.82 Å². The van der Waals surface area contributed by atoms with Gasteiger partial charge in [-0.05, 0) is 43.3 Å². The highest BCUT2D eigenvalue weighted by atomic mass is 32.2. The minimum atomic E-state index is -4.77. The number of carbonyl (C=O) groups excluding carboxylic acids is 2. The average Bonchev–Trinajstić information content (AvgIpc) is 2.90. The van der Waals surface area contributed by atoms with E-state index in [0.29, 0.717) is 10.4 Å². The maximum atomic E-state index is 14.4. The first-order valence-corrected chi connectivity index (χ1v) is 12.8. The third-order valence-electron chi connectivity index (χ3n) is 5.78. The molecule has 38 heavy (non-hydrogen) atoms. The summed E-state index contributed by atoms with van der Waals surface area (Å²) < 4.78 is 82.4. The largest absolute Gasteiger partial charge is 0.416 e. The third kappa shape index (κ3) is 6.49. The summed E-state index contributed by atoms with van der Waals surface area (Å²) in [5.74, 6) is -2.19. The van der Waals surface area contributed by atoms with Crippen molar-refractivity contribution in [3.63, 3.8) is 0 Å². The fourth-order valence-corrected chi connectivity index (χ4v) is 5.11. The zero-order valence-corrected chi connectivity index (χ0v) is 21.3. The zero-order chi connectivity index (χ0) is 28.1. The van der Waals surface area contributed by atoms with Crippen molar-refractivity contribution in [3.05, 3.63) is 95.8 Å². The number of nitrogens with one attached hydrogen (secondary N) is 1. The molecule has 1 atom stereocenters. The highest BCUT2D eigenvalue weighted by Crippen LogP contribution is 2.33. The molecule has 2 amide bonds. The summed E-state index contributed by atoms with van der Waals surface area (Å²) in [6, 6.07) is 14.8. The van der Waals surface area contributed by atoms with E-state index < -0.39 is 57.7 Å². The van der Waals surface area contributed by atoms with Crippen LogP contribution < -0.4 is 9.62 Å². The van der Waals surface area contributed by atoms with E-state index >= 15 is 0 Å². The maximum absolute atomic E-state index is 14.4. The molecule has 0 aromatic heterocycles. The van der Waals surface area contributed by atoms with E-state index in [-0.39, 0.29) is 17.0 Å². The van der Waals surface area contributed by atoms with E-state index in [9.17, 15) is 35.6 Å². The first-order chi connectivity index (χ1) is 17.9. The summed E-state index contributed by atoms with van der Waals surface area (Å²) in [7, 11) is -3.20. The fourth-order valence-electron chi connectivity index (χ4n) is 3.69. The van der Waals surface area contributed by atoms with Crippen molar-refractivity contribution in [1.82, 2.24) is 10.2 Å². The minimum absolute atomic E-state index is 0.0631. The molecular weight excluding hydrogens is 526 g/mol. The number of likely N-dealkylation sites (N-methyl/N-ethyl adjacent to an activating group) is 1. The van der Waals surface area contributed by atoms with Gasteiger partial charge in [-0.1, -0.05) is 42.5 Å². The van der Waals surface area contributed by atoms with E-state index in [4.69, 9.17) is 0 Å². The van der Waals surface area contributed by atoms with Gasteiger partial charge in [0.15, 0.2) is 0 Å². The van der Waals surface area contributed by atoms with Crippen LogP contribution in [0.3, 0.4) is 0 Å². The molecule has 3 aromatic carbocycles. The Morgan fingerprint density at radius 1 is 0.947 bits per heavy atom. The number of anilines is 1. The number of halogens is 4. The average molecular weight is 552 g/mol. The van der Waals surface area contributed by atoms with Crippen LogP contribution >= 0.6 is 0 Å². The Balaban J connectivity index is 2.09. The summed E-state index contributed by atoms with van der Waals surface area (Å²) in [6.07, 6.45) is -4.77.